The molecule has 0 aromatic heterocycles. The van der Waals surface area contributed by atoms with Crippen LogP contribution in [0.3, 0.4) is 0 Å². The Morgan fingerprint density at radius 2 is 2.35 bits per heavy atom. The van der Waals surface area contributed by atoms with E-state index in [0.29, 0.717) is 12.5 Å². The monoisotopic (exact) mass is 300 g/mol. The molecule has 1 fully saturated rings. The van der Waals surface area contributed by atoms with E-state index in [0.717, 1.165) is 42.0 Å². The van der Waals surface area contributed by atoms with Crippen LogP contribution in [-0.2, 0) is 10.1 Å². The van der Waals surface area contributed by atoms with Gasteiger partial charge in [0.25, 0.3) is 0 Å². The maximum Gasteiger partial charge on any atom is 0.127 e. The first kappa shape index (κ1) is 12.7. The van der Waals surface area contributed by atoms with E-state index in [-0.39, 0.29) is 0 Å². The van der Waals surface area contributed by atoms with Gasteiger partial charge in [-0.15, -0.1) is 0 Å². The number of alkyl halides is 1. The summed E-state index contributed by atoms with van der Waals surface area (Å²) in [6.07, 6.45) is 1.09. The van der Waals surface area contributed by atoms with Gasteiger partial charge in [-0.1, -0.05) is 22.0 Å². The summed E-state index contributed by atoms with van der Waals surface area (Å²) < 4.78 is 16.4. The highest BCUT2D eigenvalue weighted by atomic mass is 79.9. The molecule has 0 spiro atoms. The van der Waals surface area contributed by atoms with Crippen molar-refractivity contribution in [2.45, 2.75) is 11.8 Å². The predicted molar refractivity (Wildman–Crippen MR) is 70.0 cm³/mol. The Bertz CT molecular complexity index is 362. The zero-order chi connectivity index (χ0) is 12.1. The summed E-state index contributed by atoms with van der Waals surface area (Å²) in [7, 11) is 1.66. The summed E-state index contributed by atoms with van der Waals surface area (Å²) in [5, 5.41) is 0.785. The average molecular weight is 301 g/mol. The van der Waals surface area contributed by atoms with E-state index < -0.39 is 0 Å². The third-order valence-electron chi connectivity index (χ3n) is 2.92. The van der Waals surface area contributed by atoms with Crippen LogP contribution >= 0.6 is 15.9 Å². The third kappa shape index (κ3) is 3.36. The summed E-state index contributed by atoms with van der Waals surface area (Å²) in [6, 6.07) is 5.91. The summed E-state index contributed by atoms with van der Waals surface area (Å²) >= 11 is 3.46. The van der Waals surface area contributed by atoms with Crippen LogP contribution in [0.2, 0.25) is 0 Å². The molecule has 0 amide bonds. The van der Waals surface area contributed by atoms with E-state index in [4.69, 9.17) is 14.2 Å². The maximum absolute atomic E-state index is 5.86. The largest absolute Gasteiger partial charge is 0.497 e. The van der Waals surface area contributed by atoms with Gasteiger partial charge in [-0.2, -0.15) is 0 Å². The van der Waals surface area contributed by atoms with Crippen LogP contribution in [-0.4, -0.2) is 26.9 Å². The lowest BCUT2D eigenvalue weighted by molar-refractivity contribution is 0.166. The molecule has 3 nitrogen and oxygen atoms in total. The molecule has 94 valence electrons. The van der Waals surface area contributed by atoms with Crippen LogP contribution in [0.1, 0.15) is 12.0 Å². The van der Waals surface area contributed by atoms with Gasteiger partial charge in [0, 0.05) is 29.5 Å². The Morgan fingerprint density at radius 1 is 1.47 bits per heavy atom. The maximum atomic E-state index is 5.86. The number of hydrogen-bond donors (Lipinski definition) is 0. The number of methoxy groups -OCH3 is 1. The van der Waals surface area contributed by atoms with E-state index in [1.165, 1.54) is 0 Å². The second-order valence-electron chi connectivity index (χ2n) is 4.15. The molecule has 1 unspecified atom stereocenters. The molecular formula is C13H17BrO3. The van der Waals surface area contributed by atoms with Crippen molar-refractivity contribution in [2.75, 3.05) is 26.9 Å². The third-order valence-corrected chi connectivity index (χ3v) is 3.52. The Morgan fingerprint density at radius 3 is 3.00 bits per heavy atom. The quantitative estimate of drug-likeness (QED) is 0.783. The Balaban J connectivity index is 2.01. The zero-order valence-electron chi connectivity index (χ0n) is 9.95. The molecule has 1 aliphatic heterocycles. The number of rotatable bonds is 5. The van der Waals surface area contributed by atoms with Gasteiger partial charge in [0.2, 0.25) is 0 Å². The molecule has 4 heteroatoms. The lowest BCUT2D eigenvalue weighted by Crippen LogP contribution is -2.12. The summed E-state index contributed by atoms with van der Waals surface area (Å²) in [6.45, 7) is 2.39. The Kier molecular flexibility index (Phi) is 4.68. The van der Waals surface area contributed by atoms with Crippen molar-refractivity contribution in [3.8, 4) is 11.5 Å². The molecule has 0 bridgehead atoms. The van der Waals surface area contributed by atoms with E-state index in [1.54, 1.807) is 7.11 Å². The molecule has 1 heterocycles. The highest BCUT2D eigenvalue weighted by Crippen LogP contribution is 2.27. The molecule has 0 N–H and O–H groups in total. The van der Waals surface area contributed by atoms with E-state index in [9.17, 15) is 0 Å². The standard InChI is InChI=1S/C13H17BrO3/c1-15-12-3-2-11(7-14)13(6-12)17-9-10-4-5-16-8-10/h2-3,6,10H,4-5,7-9H2,1H3. The van der Waals surface area contributed by atoms with Crippen molar-refractivity contribution in [3.05, 3.63) is 23.8 Å². The van der Waals surface area contributed by atoms with Crippen LogP contribution in [0.4, 0.5) is 0 Å². The first-order chi connectivity index (χ1) is 8.33. The molecular weight excluding hydrogens is 284 g/mol. The van der Waals surface area contributed by atoms with Gasteiger partial charge in [-0.25, -0.2) is 0 Å². The smallest absolute Gasteiger partial charge is 0.127 e. The second kappa shape index (κ2) is 6.26. The predicted octanol–water partition coefficient (Wildman–Crippen LogP) is 3.01. The summed E-state index contributed by atoms with van der Waals surface area (Å²) in [5.41, 5.74) is 1.14. The van der Waals surface area contributed by atoms with Gasteiger partial charge in [0.05, 0.1) is 20.3 Å². The SMILES string of the molecule is COc1ccc(CBr)c(OCC2CCOC2)c1. The molecule has 1 aromatic rings. The molecule has 0 saturated carbocycles. The fourth-order valence-corrected chi connectivity index (χ4v) is 2.29. The number of hydrogen-bond acceptors (Lipinski definition) is 3. The molecule has 2 rings (SSSR count). The molecule has 1 saturated heterocycles. The van der Waals surface area contributed by atoms with Crippen molar-refractivity contribution in [3.63, 3.8) is 0 Å². The van der Waals surface area contributed by atoms with Crippen LogP contribution in [0.15, 0.2) is 18.2 Å². The van der Waals surface area contributed by atoms with E-state index in [1.807, 2.05) is 18.2 Å². The fourth-order valence-electron chi connectivity index (χ4n) is 1.83. The van der Waals surface area contributed by atoms with Gasteiger partial charge in [0.15, 0.2) is 0 Å². The second-order valence-corrected chi connectivity index (χ2v) is 4.71. The minimum Gasteiger partial charge on any atom is -0.497 e. The normalized spacial score (nSPS) is 19.3. The van der Waals surface area contributed by atoms with E-state index in [2.05, 4.69) is 15.9 Å². The first-order valence-electron chi connectivity index (χ1n) is 5.77. The minimum absolute atomic E-state index is 0.518. The summed E-state index contributed by atoms with van der Waals surface area (Å²) in [5.74, 6) is 2.24. The average Bonchev–Trinajstić information content (AvgIpc) is 2.89. The molecule has 0 radical (unpaired) electrons. The van der Waals surface area contributed by atoms with E-state index >= 15 is 0 Å². The molecule has 17 heavy (non-hydrogen) atoms. The van der Waals surface area contributed by atoms with Gasteiger partial charge in [-0.3, -0.25) is 0 Å². The zero-order valence-corrected chi connectivity index (χ0v) is 11.5. The molecule has 1 aliphatic rings. The topological polar surface area (TPSA) is 27.7 Å². The number of benzene rings is 1. The highest BCUT2D eigenvalue weighted by molar-refractivity contribution is 9.08. The van der Waals surface area contributed by atoms with Crippen LogP contribution in [0.25, 0.3) is 0 Å². The molecule has 0 aliphatic carbocycles. The number of halogens is 1. The Hall–Kier alpha value is -0.740. The van der Waals surface area contributed by atoms with Crippen LogP contribution in [0, 0.1) is 5.92 Å². The van der Waals surface area contributed by atoms with Gasteiger partial charge < -0.3 is 14.2 Å². The Labute approximate surface area is 110 Å². The van der Waals surface area contributed by atoms with Crippen molar-refractivity contribution in [2.24, 2.45) is 5.92 Å². The van der Waals surface area contributed by atoms with Gasteiger partial charge in [-0.05, 0) is 12.5 Å². The van der Waals surface area contributed by atoms with Gasteiger partial charge in [0.1, 0.15) is 11.5 Å². The minimum atomic E-state index is 0.518. The van der Waals surface area contributed by atoms with Crippen LogP contribution in [0.5, 0.6) is 11.5 Å². The lowest BCUT2D eigenvalue weighted by atomic mass is 10.1. The highest BCUT2D eigenvalue weighted by Gasteiger charge is 2.17. The summed E-state index contributed by atoms with van der Waals surface area (Å²) in [4.78, 5) is 0. The first-order valence-corrected chi connectivity index (χ1v) is 6.89. The van der Waals surface area contributed by atoms with Crippen molar-refractivity contribution in [1.82, 2.24) is 0 Å². The van der Waals surface area contributed by atoms with Crippen molar-refractivity contribution >= 4 is 15.9 Å². The van der Waals surface area contributed by atoms with Crippen molar-refractivity contribution in [1.29, 1.82) is 0 Å². The fraction of sp³-hybridized carbons (Fsp3) is 0.538. The molecule has 1 atom stereocenters. The van der Waals surface area contributed by atoms with Crippen molar-refractivity contribution < 1.29 is 14.2 Å². The van der Waals surface area contributed by atoms with Gasteiger partial charge >= 0.3 is 0 Å². The van der Waals surface area contributed by atoms with Crippen LogP contribution < -0.4 is 9.47 Å². The number of ether oxygens (including phenoxy) is 3. The lowest BCUT2D eigenvalue weighted by Gasteiger charge is -2.14. The molecule has 1 aromatic carbocycles.